The zero-order valence-corrected chi connectivity index (χ0v) is 19.0. The van der Waals surface area contributed by atoms with Crippen LogP contribution in [0.2, 0.25) is 0 Å². The summed E-state index contributed by atoms with van der Waals surface area (Å²) in [6.07, 6.45) is 0.590. The van der Waals surface area contributed by atoms with Crippen LogP contribution in [0.25, 0.3) is 11.5 Å². The molecule has 0 radical (unpaired) electrons. The number of carbonyl (C=O) groups is 1. The van der Waals surface area contributed by atoms with Crippen LogP contribution in [0.1, 0.15) is 17.0 Å². The van der Waals surface area contributed by atoms with E-state index >= 15 is 0 Å². The van der Waals surface area contributed by atoms with E-state index in [1.54, 1.807) is 45.4 Å². The van der Waals surface area contributed by atoms with Gasteiger partial charge in [-0.2, -0.15) is 0 Å². The summed E-state index contributed by atoms with van der Waals surface area (Å²) in [5, 5.41) is 2.77. The van der Waals surface area contributed by atoms with E-state index in [0.717, 1.165) is 5.56 Å². The molecule has 0 spiro atoms. The third-order valence-electron chi connectivity index (χ3n) is 4.77. The Labute approximate surface area is 188 Å². The van der Waals surface area contributed by atoms with Crippen molar-refractivity contribution < 1.29 is 27.3 Å². The van der Waals surface area contributed by atoms with Crippen molar-refractivity contribution in [1.29, 1.82) is 0 Å². The topological polar surface area (TPSA) is 90.7 Å². The molecule has 0 unspecified atom stereocenters. The number of nitrogens with one attached hydrogen (secondary N) is 1. The van der Waals surface area contributed by atoms with Crippen molar-refractivity contribution in [3.63, 3.8) is 0 Å². The summed E-state index contributed by atoms with van der Waals surface area (Å²) in [6.45, 7) is 2.07. The molecule has 3 aromatic rings. The highest BCUT2D eigenvalue weighted by atomic mass is 32.2. The van der Waals surface area contributed by atoms with Crippen LogP contribution in [0, 0.1) is 12.7 Å². The number of nitrogens with zero attached hydrogens (tertiary/aromatic N) is 1. The molecule has 0 saturated carbocycles. The molecular weight excluding hydrogens is 435 g/mol. The lowest BCUT2D eigenvalue weighted by Gasteiger charge is -2.10. The molecule has 1 heterocycles. The molecule has 0 aliphatic heterocycles. The number of methoxy groups -OCH3 is 2. The molecule has 32 heavy (non-hydrogen) atoms. The molecule has 1 N–H and O–H groups in total. The normalized spacial score (nSPS) is 11.8. The molecule has 1 amide bonds. The quantitative estimate of drug-likeness (QED) is 0.499. The standard InChI is InChI=1S/C23H25FN2O5S/c1-15-19(26-23(31-15)17-6-4-5-7-18(17)24)13-32(28)14-22(27)25-11-10-16-8-9-20(29-2)21(12-16)30-3/h4-9,12H,10-11,13-14H2,1-3H3,(H,25,27)/t32-/m1/s1. The first-order chi connectivity index (χ1) is 15.4. The van der Waals surface area contributed by atoms with Gasteiger partial charge in [0.2, 0.25) is 11.8 Å². The minimum Gasteiger partial charge on any atom is -0.493 e. The molecule has 0 aliphatic carbocycles. The zero-order chi connectivity index (χ0) is 23.1. The van der Waals surface area contributed by atoms with Gasteiger partial charge in [-0.3, -0.25) is 9.00 Å². The molecule has 1 aromatic heterocycles. The van der Waals surface area contributed by atoms with E-state index in [9.17, 15) is 13.4 Å². The SMILES string of the molecule is COc1ccc(CCNC(=O)C[S@](=O)Cc2nc(-c3ccccc3F)oc2C)cc1OC. The molecular formula is C23H25FN2O5S. The summed E-state index contributed by atoms with van der Waals surface area (Å²) < 4.78 is 42.4. The van der Waals surface area contributed by atoms with Gasteiger partial charge in [-0.1, -0.05) is 18.2 Å². The number of amides is 1. The number of oxazole rings is 1. The predicted octanol–water partition coefficient (Wildman–Crippen LogP) is 3.41. The Kier molecular flexibility index (Phi) is 7.99. The number of hydrogen-bond acceptors (Lipinski definition) is 6. The van der Waals surface area contributed by atoms with Gasteiger partial charge in [-0.15, -0.1) is 0 Å². The average molecular weight is 461 g/mol. The number of benzene rings is 2. The highest BCUT2D eigenvalue weighted by Crippen LogP contribution is 2.27. The molecule has 1 atom stereocenters. The van der Waals surface area contributed by atoms with E-state index in [1.165, 1.54) is 6.07 Å². The predicted molar refractivity (Wildman–Crippen MR) is 120 cm³/mol. The van der Waals surface area contributed by atoms with Crippen molar-refractivity contribution in [2.75, 3.05) is 26.5 Å². The van der Waals surface area contributed by atoms with E-state index < -0.39 is 16.6 Å². The number of rotatable bonds is 10. The van der Waals surface area contributed by atoms with Gasteiger partial charge in [0.1, 0.15) is 17.3 Å². The Bertz CT molecular complexity index is 1120. The summed E-state index contributed by atoms with van der Waals surface area (Å²) in [4.78, 5) is 16.4. The van der Waals surface area contributed by atoms with E-state index in [1.807, 2.05) is 12.1 Å². The van der Waals surface area contributed by atoms with Crippen molar-refractivity contribution in [2.45, 2.75) is 19.1 Å². The summed E-state index contributed by atoms with van der Waals surface area (Å²) in [5.74, 6) is 0.958. The molecule has 0 bridgehead atoms. The summed E-state index contributed by atoms with van der Waals surface area (Å²) in [7, 11) is 1.65. The number of ether oxygens (including phenoxy) is 2. The van der Waals surface area contributed by atoms with E-state index in [-0.39, 0.29) is 28.9 Å². The van der Waals surface area contributed by atoms with Crippen LogP contribution >= 0.6 is 0 Å². The Morgan fingerprint density at radius 3 is 2.62 bits per heavy atom. The van der Waals surface area contributed by atoms with Crippen LogP contribution in [0.4, 0.5) is 4.39 Å². The van der Waals surface area contributed by atoms with Gasteiger partial charge < -0.3 is 19.2 Å². The number of carbonyl (C=O) groups excluding carboxylic acids is 1. The Morgan fingerprint density at radius 1 is 1.16 bits per heavy atom. The van der Waals surface area contributed by atoms with Gasteiger partial charge in [0.05, 0.1) is 31.2 Å². The number of aryl methyl sites for hydroxylation is 1. The van der Waals surface area contributed by atoms with Crippen molar-refractivity contribution >= 4 is 16.7 Å². The molecule has 0 fully saturated rings. The van der Waals surface area contributed by atoms with E-state index in [0.29, 0.717) is 35.9 Å². The monoisotopic (exact) mass is 460 g/mol. The van der Waals surface area contributed by atoms with Crippen LogP contribution in [0.15, 0.2) is 46.9 Å². The van der Waals surface area contributed by atoms with Crippen LogP contribution < -0.4 is 14.8 Å². The molecule has 0 aliphatic rings. The first kappa shape index (κ1) is 23.5. The van der Waals surface area contributed by atoms with Gasteiger partial charge in [-0.05, 0) is 43.2 Å². The third kappa shape index (κ3) is 5.94. The number of halogens is 1. The number of hydrogen-bond donors (Lipinski definition) is 1. The highest BCUT2D eigenvalue weighted by Gasteiger charge is 2.17. The summed E-state index contributed by atoms with van der Waals surface area (Å²) in [6, 6.07) is 11.7. The van der Waals surface area contributed by atoms with Gasteiger partial charge >= 0.3 is 0 Å². The Balaban J connectivity index is 1.50. The lowest BCUT2D eigenvalue weighted by molar-refractivity contribution is -0.118. The van der Waals surface area contributed by atoms with Crippen LogP contribution in [0.3, 0.4) is 0 Å². The molecule has 7 nitrogen and oxygen atoms in total. The summed E-state index contributed by atoms with van der Waals surface area (Å²) >= 11 is 0. The first-order valence-corrected chi connectivity index (χ1v) is 11.4. The lowest BCUT2D eigenvalue weighted by atomic mass is 10.1. The maximum atomic E-state index is 13.9. The first-order valence-electron chi connectivity index (χ1n) is 9.95. The second-order valence-corrected chi connectivity index (χ2v) is 8.48. The average Bonchev–Trinajstić information content (AvgIpc) is 3.13. The van der Waals surface area contributed by atoms with Crippen molar-refractivity contribution in [1.82, 2.24) is 10.3 Å². The molecule has 170 valence electrons. The lowest BCUT2D eigenvalue weighted by Crippen LogP contribution is -2.30. The second kappa shape index (κ2) is 10.9. The van der Waals surface area contributed by atoms with Gasteiger partial charge in [0.25, 0.3) is 0 Å². The van der Waals surface area contributed by atoms with E-state index in [2.05, 4.69) is 10.3 Å². The minimum atomic E-state index is -1.48. The molecule has 0 saturated heterocycles. The zero-order valence-electron chi connectivity index (χ0n) is 18.1. The largest absolute Gasteiger partial charge is 0.493 e. The Morgan fingerprint density at radius 2 is 1.91 bits per heavy atom. The fraction of sp³-hybridized carbons (Fsp3) is 0.304. The van der Waals surface area contributed by atoms with Gasteiger partial charge in [0.15, 0.2) is 11.5 Å². The smallest absolute Gasteiger partial charge is 0.232 e. The van der Waals surface area contributed by atoms with E-state index in [4.69, 9.17) is 13.9 Å². The van der Waals surface area contributed by atoms with Crippen molar-refractivity contribution in [3.8, 4) is 23.0 Å². The minimum absolute atomic E-state index is 0.0485. The number of aromatic nitrogens is 1. The van der Waals surface area contributed by atoms with Crippen molar-refractivity contribution in [2.24, 2.45) is 0 Å². The molecule has 9 heteroatoms. The maximum Gasteiger partial charge on any atom is 0.232 e. The fourth-order valence-electron chi connectivity index (χ4n) is 3.09. The molecule has 2 aromatic carbocycles. The summed E-state index contributed by atoms with van der Waals surface area (Å²) in [5.41, 5.74) is 1.66. The van der Waals surface area contributed by atoms with Crippen LogP contribution in [-0.4, -0.2) is 41.6 Å². The Hall–Kier alpha value is -3.20. The highest BCUT2D eigenvalue weighted by molar-refractivity contribution is 7.84. The van der Waals surface area contributed by atoms with Gasteiger partial charge in [0, 0.05) is 17.3 Å². The third-order valence-corrected chi connectivity index (χ3v) is 5.95. The maximum absolute atomic E-state index is 13.9. The van der Waals surface area contributed by atoms with Crippen LogP contribution in [0.5, 0.6) is 11.5 Å². The van der Waals surface area contributed by atoms with Crippen LogP contribution in [-0.2, 0) is 27.8 Å². The second-order valence-electron chi connectivity index (χ2n) is 7.02. The van der Waals surface area contributed by atoms with Gasteiger partial charge in [-0.25, -0.2) is 9.37 Å². The van der Waals surface area contributed by atoms with Crippen molar-refractivity contribution in [3.05, 3.63) is 65.3 Å². The molecule has 3 rings (SSSR count). The fourth-order valence-corrected chi connectivity index (χ4v) is 4.16.